The quantitative estimate of drug-likeness (QED) is 0.687. The second-order valence-electron chi connectivity index (χ2n) is 8.64. The number of ether oxygens (including phenoxy) is 2. The molecule has 0 saturated heterocycles. The summed E-state index contributed by atoms with van der Waals surface area (Å²) in [5.74, 6) is -1.26. The molecule has 1 amide bonds. The minimum Gasteiger partial charge on any atom is -0.503 e. The number of nitrogens with zero attached hydrogens (tertiary/aromatic N) is 1. The normalized spacial score (nSPS) is 16.3. The highest BCUT2D eigenvalue weighted by molar-refractivity contribution is 6.10. The topological polar surface area (TPSA) is 93.1 Å². The molecule has 1 N–H and O–H groups in total. The van der Waals surface area contributed by atoms with Gasteiger partial charge in [0.2, 0.25) is 0 Å². The Bertz CT molecular complexity index is 1060. The molecule has 2 aromatic carbocycles. The molecule has 0 spiro atoms. The molecule has 0 fully saturated rings. The third-order valence-electron chi connectivity index (χ3n) is 5.39. The molecular formula is C25H27NO6. The summed E-state index contributed by atoms with van der Waals surface area (Å²) in [5, 5.41) is 10.7. The first-order chi connectivity index (χ1) is 15.1. The van der Waals surface area contributed by atoms with Gasteiger partial charge in [0.05, 0.1) is 31.4 Å². The predicted octanol–water partition coefficient (Wildman–Crippen LogP) is 3.99. The summed E-state index contributed by atoms with van der Waals surface area (Å²) >= 11 is 0. The van der Waals surface area contributed by atoms with Crippen LogP contribution in [0.2, 0.25) is 0 Å². The molecule has 7 nitrogen and oxygen atoms in total. The van der Waals surface area contributed by atoms with Crippen LogP contribution in [0.5, 0.6) is 5.75 Å². The number of aliphatic hydroxyl groups excluding tert-OH is 1. The molecule has 0 radical (unpaired) electrons. The van der Waals surface area contributed by atoms with Gasteiger partial charge in [-0.1, -0.05) is 45.0 Å². The third kappa shape index (κ3) is 4.37. The molecule has 0 saturated carbocycles. The van der Waals surface area contributed by atoms with Crippen molar-refractivity contribution >= 4 is 17.7 Å². The molecule has 7 heteroatoms. The molecule has 1 aliphatic heterocycles. The van der Waals surface area contributed by atoms with E-state index in [0.29, 0.717) is 16.9 Å². The number of carbonyl (C=O) groups excluding carboxylic acids is 3. The number of esters is 1. The summed E-state index contributed by atoms with van der Waals surface area (Å²) < 4.78 is 9.93. The molecule has 1 aliphatic rings. The van der Waals surface area contributed by atoms with Gasteiger partial charge in [0.15, 0.2) is 11.5 Å². The second kappa shape index (κ2) is 8.86. The van der Waals surface area contributed by atoms with Crippen molar-refractivity contribution in [3.8, 4) is 5.75 Å². The number of hydrogen-bond donors (Lipinski definition) is 1. The maximum absolute atomic E-state index is 13.2. The van der Waals surface area contributed by atoms with E-state index < -0.39 is 29.1 Å². The highest BCUT2D eigenvalue weighted by atomic mass is 16.5. The van der Waals surface area contributed by atoms with Crippen LogP contribution < -0.4 is 4.74 Å². The van der Waals surface area contributed by atoms with Crippen molar-refractivity contribution in [1.82, 2.24) is 4.90 Å². The van der Waals surface area contributed by atoms with E-state index in [9.17, 15) is 19.5 Å². The number of benzene rings is 2. The van der Waals surface area contributed by atoms with E-state index in [2.05, 4.69) is 0 Å². The van der Waals surface area contributed by atoms with Gasteiger partial charge in [0, 0.05) is 12.0 Å². The molecule has 168 valence electrons. The lowest BCUT2D eigenvalue weighted by molar-refractivity contribution is -0.130. The summed E-state index contributed by atoms with van der Waals surface area (Å²) in [6.45, 7) is 5.39. The molecule has 2 aromatic rings. The van der Waals surface area contributed by atoms with Crippen LogP contribution in [0.1, 0.15) is 48.3 Å². The molecule has 0 bridgehead atoms. The lowest BCUT2D eigenvalue weighted by atomic mass is 9.82. The summed E-state index contributed by atoms with van der Waals surface area (Å²) in [6.07, 6.45) is 0. The zero-order valence-electron chi connectivity index (χ0n) is 18.8. The van der Waals surface area contributed by atoms with Crippen LogP contribution in [0.4, 0.5) is 0 Å². The van der Waals surface area contributed by atoms with Crippen LogP contribution in [-0.2, 0) is 20.9 Å². The Labute approximate surface area is 187 Å². The smallest absolute Gasteiger partial charge is 0.337 e. The highest BCUT2D eigenvalue weighted by Gasteiger charge is 2.45. The van der Waals surface area contributed by atoms with Gasteiger partial charge in [-0.25, -0.2) is 4.79 Å². The molecule has 32 heavy (non-hydrogen) atoms. The van der Waals surface area contributed by atoms with Crippen molar-refractivity contribution in [3.63, 3.8) is 0 Å². The van der Waals surface area contributed by atoms with Crippen LogP contribution in [0.3, 0.4) is 0 Å². The van der Waals surface area contributed by atoms with Gasteiger partial charge in [0.25, 0.3) is 5.91 Å². The Morgan fingerprint density at radius 3 is 2.09 bits per heavy atom. The number of rotatable bonds is 6. The van der Waals surface area contributed by atoms with E-state index >= 15 is 0 Å². The van der Waals surface area contributed by atoms with Gasteiger partial charge in [-0.2, -0.15) is 0 Å². The zero-order chi connectivity index (χ0) is 23.6. The van der Waals surface area contributed by atoms with Gasteiger partial charge in [0.1, 0.15) is 5.75 Å². The summed E-state index contributed by atoms with van der Waals surface area (Å²) in [4.78, 5) is 39.4. The van der Waals surface area contributed by atoms with Gasteiger partial charge in [-0.3, -0.25) is 9.59 Å². The van der Waals surface area contributed by atoms with Crippen LogP contribution in [0, 0.1) is 5.41 Å². The second-order valence-corrected chi connectivity index (χ2v) is 8.64. The van der Waals surface area contributed by atoms with E-state index in [4.69, 9.17) is 9.47 Å². The maximum Gasteiger partial charge on any atom is 0.337 e. The Balaban J connectivity index is 2.02. The van der Waals surface area contributed by atoms with Crippen LogP contribution in [-0.4, -0.2) is 41.9 Å². The van der Waals surface area contributed by atoms with Crippen molar-refractivity contribution in [3.05, 3.63) is 76.6 Å². The number of carbonyl (C=O) groups is 3. The minimum absolute atomic E-state index is 0.0823. The van der Waals surface area contributed by atoms with Gasteiger partial charge in [-0.15, -0.1) is 0 Å². The van der Waals surface area contributed by atoms with E-state index in [-0.39, 0.29) is 17.9 Å². The summed E-state index contributed by atoms with van der Waals surface area (Å²) in [6, 6.07) is 12.9. The molecule has 0 aromatic heterocycles. The molecule has 3 rings (SSSR count). The minimum atomic E-state index is -0.785. The van der Waals surface area contributed by atoms with Crippen molar-refractivity contribution in [2.45, 2.75) is 33.4 Å². The first-order valence-electron chi connectivity index (χ1n) is 10.2. The number of methoxy groups -OCH3 is 2. The van der Waals surface area contributed by atoms with Crippen LogP contribution in [0.25, 0.3) is 0 Å². The lowest BCUT2D eigenvalue weighted by Gasteiger charge is -2.29. The molecule has 1 heterocycles. The largest absolute Gasteiger partial charge is 0.503 e. The highest BCUT2D eigenvalue weighted by Crippen LogP contribution is 2.42. The Morgan fingerprint density at radius 1 is 1.00 bits per heavy atom. The molecule has 1 unspecified atom stereocenters. The fourth-order valence-electron chi connectivity index (χ4n) is 3.65. The Morgan fingerprint density at radius 2 is 1.59 bits per heavy atom. The van der Waals surface area contributed by atoms with E-state index in [1.807, 2.05) is 0 Å². The van der Waals surface area contributed by atoms with Gasteiger partial charge in [-0.05, 0) is 35.4 Å². The fourth-order valence-corrected chi connectivity index (χ4v) is 3.65. The van der Waals surface area contributed by atoms with Crippen molar-refractivity contribution in [1.29, 1.82) is 0 Å². The average Bonchev–Trinajstić information content (AvgIpc) is 3.02. The first-order valence-corrected chi connectivity index (χ1v) is 10.2. The number of Topliss-reactive ketones (excluding diaryl/α,β-unsaturated/α-hetero) is 1. The van der Waals surface area contributed by atoms with E-state index in [1.165, 1.54) is 12.0 Å². The molecular weight excluding hydrogens is 410 g/mol. The number of amides is 1. The monoisotopic (exact) mass is 437 g/mol. The van der Waals surface area contributed by atoms with Gasteiger partial charge < -0.3 is 19.5 Å². The zero-order valence-corrected chi connectivity index (χ0v) is 18.8. The van der Waals surface area contributed by atoms with E-state index in [1.54, 1.807) is 76.4 Å². The van der Waals surface area contributed by atoms with Crippen LogP contribution in [0.15, 0.2) is 59.9 Å². The average molecular weight is 437 g/mol. The lowest BCUT2D eigenvalue weighted by Crippen LogP contribution is -2.32. The summed E-state index contributed by atoms with van der Waals surface area (Å²) in [7, 11) is 2.86. The van der Waals surface area contributed by atoms with Gasteiger partial charge >= 0.3 is 5.97 Å². The SMILES string of the molecule is COC(=O)c1ccc(CN2C(=O)C(O)=C(C(=O)C(C)(C)C)C2c2ccc(OC)cc2)cc1. The fraction of sp³-hybridized carbons (Fsp3) is 0.320. The predicted molar refractivity (Wildman–Crippen MR) is 118 cm³/mol. The van der Waals surface area contributed by atoms with E-state index in [0.717, 1.165) is 5.56 Å². The number of aliphatic hydroxyl groups is 1. The van der Waals surface area contributed by atoms with Crippen LogP contribution >= 0.6 is 0 Å². The number of hydrogen-bond acceptors (Lipinski definition) is 6. The molecule has 0 aliphatic carbocycles. The van der Waals surface area contributed by atoms with Crippen molar-refractivity contribution in [2.24, 2.45) is 5.41 Å². The molecule has 1 atom stereocenters. The summed E-state index contributed by atoms with van der Waals surface area (Å²) in [5.41, 5.74) is 1.11. The van der Waals surface area contributed by atoms with Crippen molar-refractivity contribution < 1.29 is 29.0 Å². The maximum atomic E-state index is 13.2. The standard InChI is InChI=1S/C25H27NO6/c1-25(2,3)22(28)19-20(16-10-12-18(31-4)13-11-16)26(23(29)21(19)27)14-15-6-8-17(9-7-15)24(30)32-5/h6-13,20,27H,14H2,1-5H3. The number of ketones is 1. The Kier molecular flexibility index (Phi) is 6.39. The third-order valence-corrected chi connectivity index (χ3v) is 5.39. The first kappa shape index (κ1) is 23.1. The van der Waals surface area contributed by atoms with Crippen molar-refractivity contribution in [2.75, 3.05) is 14.2 Å². The Hall–Kier alpha value is -3.61.